The summed E-state index contributed by atoms with van der Waals surface area (Å²) in [5.74, 6) is 5.56. The molecule has 5 rings (SSSR count). The predicted octanol–water partition coefficient (Wildman–Crippen LogP) is 4.84. The molecular formula is C28H24F3N7O3. The first-order valence-electron chi connectivity index (χ1n) is 12.6. The van der Waals surface area contributed by atoms with E-state index >= 15 is 0 Å². The molecule has 13 heteroatoms. The molecule has 0 aliphatic carbocycles. The highest BCUT2D eigenvalue weighted by molar-refractivity contribution is 6.03. The molecule has 0 saturated carbocycles. The molecular weight excluding hydrogens is 539 g/mol. The van der Waals surface area contributed by atoms with Crippen LogP contribution < -0.4 is 15.4 Å². The van der Waals surface area contributed by atoms with E-state index in [2.05, 4.69) is 42.6 Å². The number of halogens is 3. The van der Waals surface area contributed by atoms with Gasteiger partial charge in [-0.25, -0.2) is 9.97 Å². The monoisotopic (exact) mass is 563 g/mol. The lowest BCUT2D eigenvalue weighted by Gasteiger charge is -2.32. The summed E-state index contributed by atoms with van der Waals surface area (Å²) in [5.41, 5.74) is -0.218. The van der Waals surface area contributed by atoms with E-state index in [-0.39, 0.29) is 23.3 Å². The Balaban J connectivity index is 1.29. The Morgan fingerprint density at radius 2 is 1.90 bits per heavy atom. The molecule has 4 aromatic rings. The maximum absolute atomic E-state index is 13.0. The Hall–Kier alpha value is -5.12. The van der Waals surface area contributed by atoms with E-state index in [1.54, 1.807) is 36.2 Å². The molecule has 2 amide bonds. The standard InChI is InChI=1S/C28H24F3N7O3/c1-2-4-23(39)38-14-3-5-19(16-38)34-26-24-21(11-13-33-25(24)36-37-26)41-20-8-6-17(7-9-20)27(40)35-22-15-18(10-12-32-22)28(29,30)31/h6-13,15,19H,3,5,14,16H2,1H3,(H,32,35,40)(H2,33,34,36,37)/t19-/m1/s1. The largest absolute Gasteiger partial charge is 0.456 e. The Kier molecular flexibility index (Phi) is 7.73. The Morgan fingerprint density at radius 1 is 1.12 bits per heavy atom. The van der Waals surface area contributed by atoms with Gasteiger partial charge in [0.2, 0.25) is 0 Å². The molecule has 0 radical (unpaired) electrons. The summed E-state index contributed by atoms with van der Waals surface area (Å²) in [6.07, 6.45) is -0.345. The number of aromatic amines is 1. The summed E-state index contributed by atoms with van der Waals surface area (Å²) >= 11 is 0. The van der Waals surface area contributed by atoms with Crippen molar-refractivity contribution in [1.29, 1.82) is 0 Å². The van der Waals surface area contributed by atoms with Crippen LogP contribution in [-0.4, -0.2) is 56.0 Å². The zero-order valence-corrected chi connectivity index (χ0v) is 21.7. The first-order valence-corrected chi connectivity index (χ1v) is 12.6. The van der Waals surface area contributed by atoms with Crippen molar-refractivity contribution in [1.82, 2.24) is 25.1 Å². The van der Waals surface area contributed by atoms with Crippen LogP contribution >= 0.6 is 0 Å². The second kappa shape index (κ2) is 11.5. The number of benzene rings is 1. The molecule has 0 unspecified atom stereocenters. The fourth-order valence-corrected chi connectivity index (χ4v) is 4.44. The lowest BCUT2D eigenvalue weighted by molar-refractivity contribution is -0.137. The quantitative estimate of drug-likeness (QED) is 0.287. The van der Waals surface area contributed by atoms with Crippen LogP contribution in [0.15, 0.2) is 54.9 Å². The molecule has 10 nitrogen and oxygen atoms in total. The minimum absolute atomic E-state index is 0.0463. The van der Waals surface area contributed by atoms with E-state index in [9.17, 15) is 22.8 Å². The minimum atomic E-state index is -4.55. The third-order valence-electron chi connectivity index (χ3n) is 6.38. The molecule has 4 heterocycles. The van der Waals surface area contributed by atoms with Crippen molar-refractivity contribution in [2.45, 2.75) is 32.0 Å². The number of ether oxygens (including phenoxy) is 1. The van der Waals surface area contributed by atoms with Gasteiger partial charge in [-0.2, -0.15) is 18.3 Å². The molecule has 0 bridgehead atoms. The second-order valence-electron chi connectivity index (χ2n) is 9.22. The number of alkyl halides is 3. The number of aromatic nitrogens is 4. The number of fused-ring (bicyclic) bond motifs is 1. The molecule has 1 aromatic carbocycles. The highest BCUT2D eigenvalue weighted by atomic mass is 19.4. The van der Waals surface area contributed by atoms with E-state index in [0.29, 0.717) is 41.4 Å². The SMILES string of the molecule is CC#CC(=O)N1CCC[C@@H](Nc2n[nH]c3nccc(Oc4ccc(C(=O)Nc5cc(C(F)(F)F)ccn5)cc4)c23)C1. The normalized spacial score (nSPS) is 15.1. The predicted molar refractivity (Wildman–Crippen MR) is 144 cm³/mol. The first kappa shape index (κ1) is 27.4. The third kappa shape index (κ3) is 6.38. The van der Waals surface area contributed by atoms with Crippen LogP contribution in [0.4, 0.5) is 24.8 Å². The van der Waals surface area contributed by atoms with Crippen LogP contribution in [0.5, 0.6) is 11.5 Å². The molecule has 3 aromatic heterocycles. The number of H-pyrrole nitrogens is 1. The smallest absolute Gasteiger partial charge is 0.416 e. The Labute approximate surface area is 232 Å². The molecule has 1 saturated heterocycles. The number of rotatable bonds is 6. The van der Waals surface area contributed by atoms with Gasteiger partial charge in [-0.05, 0) is 62.1 Å². The number of pyridine rings is 2. The van der Waals surface area contributed by atoms with Gasteiger partial charge in [-0.3, -0.25) is 14.7 Å². The number of carbonyl (C=O) groups is 2. The number of likely N-dealkylation sites (tertiary alicyclic amines) is 1. The summed E-state index contributed by atoms with van der Waals surface area (Å²) in [6, 6.07) is 9.32. The average Bonchev–Trinajstić information content (AvgIpc) is 3.37. The van der Waals surface area contributed by atoms with Crippen LogP contribution in [0.25, 0.3) is 11.0 Å². The number of carbonyl (C=O) groups excluding carboxylic acids is 2. The summed E-state index contributed by atoms with van der Waals surface area (Å²) in [6.45, 7) is 2.76. The summed E-state index contributed by atoms with van der Waals surface area (Å²) < 4.78 is 44.9. The van der Waals surface area contributed by atoms with Gasteiger partial charge in [-0.1, -0.05) is 5.92 Å². The van der Waals surface area contributed by atoms with Gasteiger partial charge in [0.25, 0.3) is 11.8 Å². The van der Waals surface area contributed by atoms with Gasteiger partial charge in [0.15, 0.2) is 11.5 Å². The van der Waals surface area contributed by atoms with Crippen LogP contribution in [0, 0.1) is 11.8 Å². The van der Waals surface area contributed by atoms with Gasteiger partial charge >= 0.3 is 6.18 Å². The fraction of sp³-hybridized carbons (Fsp3) is 0.250. The topological polar surface area (TPSA) is 125 Å². The van der Waals surface area contributed by atoms with Crippen LogP contribution in [0.1, 0.15) is 35.7 Å². The van der Waals surface area contributed by atoms with E-state index in [0.717, 1.165) is 31.2 Å². The van der Waals surface area contributed by atoms with Crippen molar-refractivity contribution in [2.75, 3.05) is 23.7 Å². The number of amides is 2. The highest BCUT2D eigenvalue weighted by Gasteiger charge is 2.31. The van der Waals surface area contributed by atoms with Gasteiger partial charge < -0.3 is 20.3 Å². The fourth-order valence-electron chi connectivity index (χ4n) is 4.44. The van der Waals surface area contributed by atoms with Crippen molar-refractivity contribution < 1.29 is 27.5 Å². The van der Waals surface area contributed by atoms with E-state index in [4.69, 9.17) is 4.74 Å². The lowest BCUT2D eigenvalue weighted by Crippen LogP contribution is -2.44. The number of hydrogen-bond acceptors (Lipinski definition) is 7. The number of hydrogen-bond donors (Lipinski definition) is 3. The number of anilines is 2. The number of nitrogens with one attached hydrogen (secondary N) is 3. The molecule has 210 valence electrons. The number of piperidine rings is 1. The minimum Gasteiger partial charge on any atom is -0.456 e. The van der Waals surface area contributed by atoms with E-state index < -0.39 is 17.6 Å². The Morgan fingerprint density at radius 3 is 2.66 bits per heavy atom. The molecule has 1 aliphatic rings. The second-order valence-corrected chi connectivity index (χ2v) is 9.22. The van der Waals surface area contributed by atoms with E-state index in [1.807, 2.05) is 0 Å². The third-order valence-corrected chi connectivity index (χ3v) is 6.38. The van der Waals surface area contributed by atoms with Crippen molar-refractivity contribution in [3.63, 3.8) is 0 Å². The summed E-state index contributed by atoms with van der Waals surface area (Å²) in [5, 5.41) is 13.6. The molecule has 0 spiro atoms. The molecule has 3 N–H and O–H groups in total. The van der Waals surface area contributed by atoms with Crippen molar-refractivity contribution in [3.05, 3.63) is 66.0 Å². The average molecular weight is 564 g/mol. The summed E-state index contributed by atoms with van der Waals surface area (Å²) in [4.78, 5) is 34.6. The van der Waals surface area contributed by atoms with Crippen LogP contribution in [-0.2, 0) is 11.0 Å². The highest BCUT2D eigenvalue weighted by Crippen LogP contribution is 2.34. The van der Waals surface area contributed by atoms with Gasteiger partial charge in [0, 0.05) is 43.2 Å². The van der Waals surface area contributed by atoms with Crippen molar-refractivity contribution in [2.24, 2.45) is 0 Å². The zero-order valence-electron chi connectivity index (χ0n) is 21.7. The zero-order chi connectivity index (χ0) is 29.0. The molecule has 41 heavy (non-hydrogen) atoms. The van der Waals surface area contributed by atoms with E-state index in [1.165, 1.54) is 12.1 Å². The maximum atomic E-state index is 13.0. The van der Waals surface area contributed by atoms with Crippen molar-refractivity contribution >= 4 is 34.5 Å². The molecule has 1 aliphatic heterocycles. The van der Waals surface area contributed by atoms with Gasteiger partial charge in [0.05, 0.1) is 5.56 Å². The maximum Gasteiger partial charge on any atom is 0.416 e. The molecule has 1 atom stereocenters. The molecule has 1 fully saturated rings. The lowest BCUT2D eigenvalue weighted by atomic mass is 10.1. The van der Waals surface area contributed by atoms with Gasteiger partial charge in [-0.15, -0.1) is 0 Å². The Bertz CT molecular complexity index is 1640. The van der Waals surface area contributed by atoms with Crippen molar-refractivity contribution in [3.8, 4) is 23.3 Å². The van der Waals surface area contributed by atoms with Crippen LogP contribution in [0.2, 0.25) is 0 Å². The van der Waals surface area contributed by atoms with Gasteiger partial charge in [0.1, 0.15) is 22.7 Å². The van der Waals surface area contributed by atoms with Crippen LogP contribution in [0.3, 0.4) is 0 Å². The number of nitrogens with zero attached hydrogens (tertiary/aromatic N) is 4. The first-order chi connectivity index (χ1) is 19.7. The summed E-state index contributed by atoms with van der Waals surface area (Å²) in [7, 11) is 0.